The van der Waals surface area contributed by atoms with E-state index in [0.717, 1.165) is 23.1 Å². The van der Waals surface area contributed by atoms with Gasteiger partial charge in [0, 0.05) is 11.4 Å². The van der Waals surface area contributed by atoms with Crippen molar-refractivity contribution in [2.24, 2.45) is 5.92 Å². The Labute approximate surface area is 120 Å². The lowest BCUT2D eigenvalue weighted by Crippen LogP contribution is -2.22. The zero-order chi connectivity index (χ0) is 13.6. The van der Waals surface area contributed by atoms with Crippen LogP contribution in [0.2, 0.25) is 0 Å². The highest BCUT2D eigenvalue weighted by atomic mass is 32.1. The summed E-state index contributed by atoms with van der Waals surface area (Å²) >= 11 is 6.96. The van der Waals surface area contributed by atoms with Gasteiger partial charge in [0.2, 0.25) is 0 Å². The summed E-state index contributed by atoms with van der Waals surface area (Å²) in [5.74, 6) is 0.653. The summed E-state index contributed by atoms with van der Waals surface area (Å²) in [7, 11) is 0. The first-order chi connectivity index (χ1) is 9.11. The molecule has 1 N–H and O–H groups in total. The summed E-state index contributed by atoms with van der Waals surface area (Å²) in [4.78, 5) is 18.1. The number of nitrogens with zero attached hydrogens (tertiary/aromatic N) is 1. The molecular weight excluding hydrogens is 276 g/mol. The molecule has 0 bridgehead atoms. The number of hydrogen-bond donors (Lipinski definition) is 1. The molecule has 0 amide bonds. The molecule has 0 aromatic carbocycles. The fourth-order valence-corrected chi connectivity index (χ4v) is 4.32. The molecule has 3 rings (SSSR count). The van der Waals surface area contributed by atoms with Gasteiger partial charge in [-0.2, -0.15) is 0 Å². The molecule has 100 valence electrons. The summed E-state index contributed by atoms with van der Waals surface area (Å²) in [6, 6.07) is 0. The average molecular weight is 292 g/mol. The van der Waals surface area contributed by atoms with Crippen LogP contribution in [0.1, 0.15) is 23.8 Å². The van der Waals surface area contributed by atoms with Crippen molar-refractivity contribution in [1.82, 2.24) is 9.55 Å². The SMILES string of the molecule is C=CCn1c(=S)[nH]c2sc3c(c2c1=O)CC(C)CC3. The van der Waals surface area contributed by atoms with E-state index in [-0.39, 0.29) is 5.56 Å². The Morgan fingerprint density at radius 1 is 1.63 bits per heavy atom. The summed E-state index contributed by atoms with van der Waals surface area (Å²) in [5, 5.41) is 0.849. The first-order valence-electron chi connectivity index (χ1n) is 6.50. The minimum absolute atomic E-state index is 0.0326. The standard InChI is InChI=1S/C14H16N2OS2/c1-3-6-16-13(17)11-9-7-8(2)4-5-10(9)19-12(11)15-14(16)18/h3,8H,1,4-7H2,2H3,(H,15,18). The van der Waals surface area contributed by atoms with E-state index in [1.165, 1.54) is 16.9 Å². The zero-order valence-electron chi connectivity index (χ0n) is 10.9. The third-order valence-corrected chi connectivity index (χ3v) is 5.27. The van der Waals surface area contributed by atoms with Crippen molar-refractivity contribution in [1.29, 1.82) is 0 Å². The van der Waals surface area contributed by atoms with Gasteiger partial charge in [-0.05, 0) is 43.0 Å². The Morgan fingerprint density at radius 3 is 3.16 bits per heavy atom. The van der Waals surface area contributed by atoms with Gasteiger partial charge in [0.25, 0.3) is 5.56 Å². The first-order valence-corrected chi connectivity index (χ1v) is 7.72. The van der Waals surface area contributed by atoms with Crippen LogP contribution in [-0.4, -0.2) is 9.55 Å². The van der Waals surface area contributed by atoms with Gasteiger partial charge in [-0.15, -0.1) is 17.9 Å². The van der Waals surface area contributed by atoms with E-state index < -0.39 is 0 Å². The number of fused-ring (bicyclic) bond motifs is 3. The highest BCUT2D eigenvalue weighted by Crippen LogP contribution is 2.35. The second-order valence-corrected chi connectivity index (χ2v) is 6.68. The topological polar surface area (TPSA) is 37.8 Å². The van der Waals surface area contributed by atoms with Gasteiger partial charge >= 0.3 is 0 Å². The molecule has 3 nitrogen and oxygen atoms in total. The normalized spacial score (nSPS) is 18.5. The number of aryl methyl sites for hydroxylation is 1. The predicted octanol–water partition coefficient (Wildman–Crippen LogP) is 3.43. The number of allylic oxidation sites excluding steroid dienone is 1. The third kappa shape index (κ3) is 2.01. The first kappa shape index (κ1) is 12.8. The molecule has 1 aliphatic rings. The summed E-state index contributed by atoms with van der Waals surface area (Å²) < 4.78 is 2.08. The van der Waals surface area contributed by atoms with Crippen molar-refractivity contribution in [2.75, 3.05) is 0 Å². The van der Waals surface area contributed by atoms with E-state index in [9.17, 15) is 4.79 Å². The zero-order valence-corrected chi connectivity index (χ0v) is 12.5. The number of rotatable bonds is 2. The van der Waals surface area contributed by atoms with Crippen LogP contribution >= 0.6 is 23.6 Å². The van der Waals surface area contributed by atoms with Crippen LogP contribution in [0.5, 0.6) is 0 Å². The summed E-state index contributed by atoms with van der Waals surface area (Å²) in [5.41, 5.74) is 1.28. The molecule has 19 heavy (non-hydrogen) atoms. The van der Waals surface area contributed by atoms with Crippen LogP contribution in [0.25, 0.3) is 10.2 Å². The van der Waals surface area contributed by atoms with E-state index in [0.29, 0.717) is 17.2 Å². The Hall–Kier alpha value is -1.20. The van der Waals surface area contributed by atoms with Gasteiger partial charge in [0.05, 0.1) is 5.39 Å². The molecule has 1 atom stereocenters. The highest BCUT2D eigenvalue weighted by Gasteiger charge is 2.23. The summed E-state index contributed by atoms with van der Waals surface area (Å²) in [6.07, 6.45) is 5.00. The Morgan fingerprint density at radius 2 is 2.42 bits per heavy atom. The number of thiophene rings is 1. The van der Waals surface area contributed by atoms with Gasteiger partial charge in [-0.1, -0.05) is 13.0 Å². The van der Waals surface area contributed by atoms with Gasteiger partial charge in [-0.25, -0.2) is 0 Å². The van der Waals surface area contributed by atoms with Crippen LogP contribution in [0.4, 0.5) is 0 Å². The molecule has 0 radical (unpaired) electrons. The van der Waals surface area contributed by atoms with E-state index in [1.54, 1.807) is 22.0 Å². The second-order valence-electron chi connectivity index (χ2n) is 5.19. The quantitative estimate of drug-likeness (QED) is 0.680. The van der Waals surface area contributed by atoms with Crippen LogP contribution in [-0.2, 0) is 19.4 Å². The molecule has 0 aliphatic heterocycles. The lowest BCUT2D eigenvalue weighted by molar-refractivity contribution is 0.508. The van der Waals surface area contributed by atoms with Crippen molar-refractivity contribution in [2.45, 2.75) is 32.7 Å². The minimum atomic E-state index is 0.0326. The lowest BCUT2D eigenvalue weighted by Gasteiger charge is -2.17. The maximum atomic E-state index is 12.6. The Kier molecular flexibility index (Phi) is 3.19. The van der Waals surface area contributed by atoms with E-state index in [2.05, 4.69) is 18.5 Å². The largest absolute Gasteiger partial charge is 0.323 e. The molecule has 2 aromatic heterocycles. The monoisotopic (exact) mass is 292 g/mol. The maximum absolute atomic E-state index is 12.6. The van der Waals surface area contributed by atoms with Crippen molar-refractivity contribution >= 4 is 33.8 Å². The van der Waals surface area contributed by atoms with Gasteiger partial charge in [-0.3, -0.25) is 9.36 Å². The van der Waals surface area contributed by atoms with Crippen LogP contribution in [0, 0.1) is 10.7 Å². The van der Waals surface area contributed by atoms with Gasteiger partial charge in [0.1, 0.15) is 4.83 Å². The second kappa shape index (κ2) is 4.72. The molecule has 0 saturated heterocycles. The van der Waals surface area contributed by atoms with E-state index in [1.807, 2.05) is 0 Å². The fourth-order valence-electron chi connectivity index (χ4n) is 2.76. The number of aromatic amines is 1. The number of aromatic nitrogens is 2. The van der Waals surface area contributed by atoms with Crippen LogP contribution < -0.4 is 5.56 Å². The van der Waals surface area contributed by atoms with E-state index >= 15 is 0 Å². The van der Waals surface area contributed by atoms with Crippen LogP contribution in [0.15, 0.2) is 17.4 Å². The summed E-state index contributed by atoms with van der Waals surface area (Å²) in [6.45, 7) is 6.40. The smallest absolute Gasteiger partial charge is 0.263 e. The Bertz CT molecular complexity index is 766. The molecule has 5 heteroatoms. The Balaban J connectivity index is 2.35. The maximum Gasteiger partial charge on any atom is 0.263 e. The van der Waals surface area contributed by atoms with Gasteiger partial charge < -0.3 is 4.98 Å². The van der Waals surface area contributed by atoms with E-state index in [4.69, 9.17) is 12.2 Å². The van der Waals surface area contributed by atoms with Crippen molar-refractivity contribution in [3.63, 3.8) is 0 Å². The van der Waals surface area contributed by atoms with Crippen molar-refractivity contribution in [3.05, 3.63) is 38.2 Å². The highest BCUT2D eigenvalue weighted by molar-refractivity contribution is 7.71. The number of hydrogen-bond acceptors (Lipinski definition) is 3. The molecule has 0 fully saturated rings. The van der Waals surface area contributed by atoms with Crippen molar-refractivity contribution < 1.29 is 0 Å². The van der Waals surface area contributed by atoms with Crippen LogP contribution in [0.3, 0.4) is 0 Å². The molecule has 1 aliphatic carbocycles. The van der Waals surface area contributed by atoms with Gasteiger partial charge in [0.15, 0.2) is 4.77 Å². The number of H-pyrrole nitrogens is 1. The molecular formula is C14H16N2OS2. The van der Waals surface area contributed by atoms with Crippen molar-refractivity contribution in [3.8, 4) is 0 Å². The lowest BCUT2D eigenvalue weighted by atomic mass is 9.89. The predicted molar refractivity (Wildman–Crippen MR) is 82.7 cm³/mol. The third-order valence-electron chi connectivity index (χ3n) is 3.74. The average Bonchev–Trinajstić information content (AvgIpc) is 2.71. The molecule has 0 saturated carbocycles. The fraction of sp³-hybridized carbons (Fsp3) is 0.429. The minimum Gasteiger partial charge on any atom is -0.323 e. The molecule has 1 unspecified atom stereocenters. The molecule has 2 heterocycles. The molecule has 2 aromatic rings. The molecule has 0 spiro atoms. The number of nitrogens with one attached hydrogen (secondary N) is 1.